The minimum absolute atomic E-state index is 0.106. The van der Waals surface area contributed by atoms with Crippen molar-refractivity contribution in [3.8, 4) is 11.5 Å². The molecule has 2 aromatic rings. The van der Waals surface area contributed by atoms with Crippen molar-refractivity contribution in [2.45, 2.75) is 19.8 Å². The molecule has 204 valence electrons. The summed E-state index contributed by atoms with van der Waals surface area (Å²) < 4.78 is 15.4. The molecule has 10 heteroatoms. The first-order valence-corrected chi connectivity index (χ1v) is 12.6. The summed E-state index contributed by atoms with van der Waals surface area (Å²) in [6, 6.07) is 12.9. The zero-order valence-electron chi connectivity index (χ0n) is 21.9. The molecule has 1 fully saturated rings. The summed E-state index contributed by atoms with van der Waals surface area (Å²) in [5.41, 5.74) is 7.78. The molecule has 0 unspecified atom stereocenters. The fourth-order valence-corrected chi connectivity index (χ4v) is 4.16. The molecule has 0 aliphatic carbocycles. The quantitative estimate of drug-likeness (QED) is 0.474. The lowest BCUT2D eigenvalue weighted by Crippen LogP contribution is -2.46. The van der Waals surface area contributed by atoms with E-state index in [1.165, 1.54) is 0 Å². The van der Waals surface area contributed by atoms with Crippen LogP contribution in [0.15, 0.2) is 48.0 Å². The average Bonchev–Trinajstić information content (AvgIpc) is 2.93. The van der Waals surface area contributed by atoms with Gasteiger partial charge in [0.15, 0.2) is 0 Å². The van der Waals surface area contributed by atoms with Crippen LogP contribution >= 0.6 is 0 Å². The second-order valence-electron chi connectivity index (χ2n) is 8.84. The highest BCUT2D eigenvalue weighted by Gasteiger charge is 2.19. The third-order valence-electron chi connectivity index (χ3n) is 6.20. The van der Waals surface area contributed by atoms with Crippen LogP contribution in [0.2, 0.25) is 0 Å². The van der Waals surface area contributed by atoms with E-state index in [0.717, 1.165) is 50.4 Å². The molecule has 2 heterocycles. The van der Waals surface area contributed by atoms with Crippen molar-refractivity contribution in [3.63, 3.8) is 0 Å². The highest BCUT2D eigenvalue weighted by atomic mass is 16.5. The summed E-state index contributed by atoms with van der Waals surface area (Å²) in [6.45, 7) is 6.90. The molecule has 0 bridgehead atoms. The van der Waals surface area contributed by atoms with Crippen molar-refractivity contribution >= 4 is 29.6 Å². The molecule has 38 heavy (non-hydrogen) atoms. The molecule has 1 saturated heterocycles. The Morgan fingerprint density at radius 1 is 1.08 bits per heavy atom. The van der Waals surface area contributed by atoms with Gasteiger partial charge in [0.05, 0.1) is 24.9 Å². The third-order valence-corrected chi connectivity index (χ3v) is 6.20. The van der Waals surface area contributed by atoms with Gasteiger partial charge >= 0.3 is 11.9 Å². The number of aliphatic carboxylic acids is 1. The van der Waals surface area contributed by atoms with Crippen LogP contribution in [0.5, 0.6) is 11.5 Å². The van der Waals surface area contributed by atoms with E-state index in [9.17, 15) is 14.4 Å². The van der Waals surface area contributed by atoms with Crippen molar-refractivity contribution in [2.24, 2.45) is 5.73 Å². The first-order chi connectivity index (χ1) is 18.3. The molecule has 4 rings (SSSR count). The summed E-state index contributed by atoms with van der Waals surface area (Å²) in [6.07, 6.45) is 2.86. The molecule has 0 saturated carbocycles. The molecule has 0 spiro atoms. The number of carboxylic acids is 1. The van der Waals surface area contributed by atoms with Gasteiger partial charge in [-0.1, -0.05) is 6.07 Å². The van der Waals surface area contributed by atoms with E-state index in [1.54, 1.807) is 44.4 Å². The van der Waals surface area contributed by atoms with Crippen LogP contribution in [0.25, 0.3) is 6.08 Å². The van der Waals surface area contributed by atoms with Crippen molar-refractivity contribution < 1.29 is 33.7 Å². The van der Waals surface area contributed by atoms with Gasteiger partial charge in [-0.3, -0.25) is 9.69 Å². The standard InChI is InChI=1S/C17H25N3O3.C11H10O4/c1-2-23-17(22)14-5-3-6-15(13-14)20-11-9-19(10-12-20)8-4-7-16(18)21;1-14-9-2-3-10-7(5-9)4-8(6-15-10)11(12)13/h3,5-6,13H,2,4,7-12H2,1H3,(H2,18,21);2-5H,6H2,1H3,(H,12,13). The molecule has 0 aromatic heterocycles. The van der Waals surface area contributed by atoms with E-state index in [4.69, 9.17) is 25.1 Å². The molecular weight excluding hydrogens is 490 g/mol. The number of ether oxygens (including phenoxy) is 3. The normalized spacial score (nSPS) is 14.7. The molecule has 2 aliphatic heterocycles. The summed E-state index contributed by atoms with van der Waals surface area (Å²) in [5.74, 6) is -0.108. The Bertz CT molecular complexity index is 1160. The van der Waals surface area contributed by atoms with Crippen LogP contribution in [-0.4, -0.2) is 80.9 Å². The number of rotatable bonds is 9. The Hall–Kier alpha value is -4.05. The number of carbonyl (C=O) groups is 3. The van der Waals surface area contributed by atoms with Crippen LogP contribution in [0.3, 0.4) is 0 Å². The second kappa shape index (κ2) is 14.0. The highest BCUT2D eigenvalue weighted by Crippen LogP contribution is 2.29. The largest absolute Gasteiger partial charge is 0.497 e. The molecule has 0 atom stereocenters. The number of hydrogen-bond donors (Lipinski definition) is 2. The number of primary amides is 1. The zero-order valence-corrected chi connectivity index (χ0v) is 21.9. The fourth-order valence-electron chi connectivity index (χ4n) is 4.16. The number of carbonyl (C=O) groups excluding carboxylic acids is 2. The predicted molar refractivity (Wildman–Crippen MR) is 144 cm³/mol. The first-order valence-electron chi connectivity index (χ1n) is 12.6. The van der Waals surface area contributed by atoms with Crippen LogP contribution in [0, 0.1) is 0 Å². The van der Waals surface area contributed by atoms with Gasteiger partial charge in [-0.05, 0) is 62.4 Å². The van der Waals surface area contributed by atoms with Gasteiger partial charge in [-0.2, -0.15) is 0 Å². The molecule has 1 amide bonds. The van der Waals surface area contributed by atoms with E-state index in [0.29, 0.717) is 30.1 Å². The van der Waals surface area contributed by atoms with Crippen molar-refractivity contribution in [1.82, 2.24) is 4.90 Å². The topological polar surface area (TPSA) is 132 Å². The van der Waals surface area contributed by atoms with E-state index in [-0.39, 0.29) is 24.1 Å². The fraction of sp³-hybridized carbons (Fsp3) is 0.393. The average molecular weight is 526 g/mol. The second-order valence-corrected chi connectivity index (χ2v) is 8.84. The smallest absolute Gasteiger partial charge is 0.338 e. The number of piperazine rings is 1. The van der Waals surface area contributed by atoms with Crippen molar-refractivity contribution in [2.75, 3.05) is 57.9 Å². The Morgan fingerprint density at radius 2 is 1.84 bits per heavy atom. The van der Waals surface area contributed by atoms with Gasteiger partial charge in [0.2, 0.25) is 5.91 Å². The van der Waals surface area contributed by atoms with E-state index in [1.807, 2.05) is 18.2 Å². The number of carboxylic acid groups (broad SMARTS) is 1. The molecular formula is C28H35N3O7. The Morgan fingerprint density at radius 3 is 2.50 bits per heavy atom. The van der Waals surface area contributed by atoms with Crippen molar-refractivity contribution in [3.05, 3.63) is 59.2 Å². The molecule has 2 aliphatic rings. The van der Waals surface area contributed by atoms with Crippen LogP contribution in [-0.2, 0) is 14.3 Å². The highest BCUT2D eigenvalue weighted by molar-refractivity contribution is 5.94. The number of benzene rings is 2. The third kappa shape index (κ3) is 8.24. The number of hydrogen-bond acceptors (Lipinski definition) is 8. The lowest BCUT2D eigenvalue weighted by Gasteiger charge is -2.36. The minimum Gasteiger partial charge on any atom is -0.497 e. The number of fused-ring (bicyclic) bond motifs is 1. The van der Waals surface area contributed by atoms with Gasteiger partial charge < -0.3 is 30.0 Å². The SMILES string of the molecule is CCOC(=O)c1cccc(N2CCN(CCCC(N)=O)CC2)c1.COc1ccc2c(c1)C=C(C(=O)O)CO2. The summed E-state index contributed by atoms with van der Waals surface area (Å²) in [5, 5.41) is 8.81. The first kappa shape index (κ1) is 28.5. The maximum absolute atomic E-state index is 11.8. The maximum Gasteiger partial charge on any atom is 0.338 e. The van der Waals surface area contributed by atoms with E-state index in [2.05, 4.69) is 9.80 Å². The molecule has 2 aromatic carbocycles. The van der Waals surface area contributed by atoms with E-state index >= 15 is 0 Å². The van der Waals surface area contributed by atoms with Gasteiger partial charge in [0, 0.05) is 43.9 Å². The summed E-state index contributed by atoms with van der Waals surface area (Å²) >= 11 is 0. The summed E-state index contributed by atoms with van der Waals surface area (Å²) in [7, 11) is 1.56. The van der Waals surface area contributed by atoms with Gasteiger partial charge in [-0.25, -0.2) is 9.59 Å². The Kier molecular flexibility index (Phi) is 10.5. The van der Waals surface area contributed by atoms with Gasteiger partial charge in [-0.15, -0.1) is 0 Å². The van der Waals surface area contributed by atoms with Crippen molar-refractivity contribution in [1.29, 1.82) is 0 Å². The number of methoxy groups -OCH3 is 1. The Labute approximate surface area is 222 Å². The molecule has 0 radical (unpaired) electrons. The van der Waals surface area contributed by atoms with Crippen LogP contribution in [0.1, 0.15) is 35.7 Å². The number of amides is 1. The van der Waals surface area contributed by atoms with Crippen LogP contribution < -0.4 is 20.1 Å². The number of anilines is 1. The monoisotopic (exact) mass is 525 g/mol. The molecule has 10 nitrogen and oxygen atoms in total. The van der Waals surface area contributed by atoms with Gasteiger partial charge in [0.25, 0.3) is 0 Å². The predicted octanol–water partition coefficient (Wildman–Crippen LogP) is 2.81. The number of nitrogens with two attached hydrogens (primary N) is 1. The lowest BCUT2D eigenvalue weighted by atomic mass is 10.1. The molecule has 3 N–H and O–H groups in total. The van der Waals surface area contributed by atoms with Crippen LogP contribution in [0.4, 0.5) is 5.69 Å². The summed E-state index contributed by atoms with van der Waals surface area (Å²) in [4.78, 5) is 37.9. The lowest BCUT2D eigenvalue weighted by molar-refractivity contribution is -0.133. The number of nitrogens with zero attached hydrogens (tertiary/aromatic N) is 2. The number of esters is 1. The minimum atomic E-state index is -0.955. The Balaban J connectivity index is 0.000000230. The van der Waals surface area contributed by atoms with E-state index < -0.39 is 5.97 Å². The zero-order chi connectivity index (χ0) is 27.5. The van der Waals surface area contributed by atoms with Gasteiger partial charge in [0.1, 0.15) is 18.1 Å². The maximum atomic E-state index is 11.8.